The maximum absolute atomic E-state index is 13.8. The Labute approximate surface area is 143 Å². The normalized spacial score (nSPS) is 15.8. The van der Waals surface area contributed by atoms with Crippen molar-refractivity contribution in [3.05, 3.63) is 35.1 Å². The minimum Gasteiger partial charge on any atom is -0.381 e. The molecular formula is C18H25FN4O. The molecule has 24 heavy (non-hydrogen) atoms. The van der Waals surface area contributed by atoms with Crippen molar-refractivity contribution in [3.8, 4) is 6.07 Å². The van der Waals surface area contributed by atoms with Crippen LogP contribution in [-0.4, -0.2) is 44.7 Å². The molecule has 2 rings (SSSR count). The third-order valence-corrected chi connectivity index (χ3v) is 4.40. The summed E-state index contributed by atoms with van der Waals surface area (Å²) in [6, 6.07) is 6.40. The molecule has 5 nitrogen and oxygen atoms in total. The van der Waals surface area contributed by atoms with Gasteiger partial charge in [-0.05, 0) is 43.4 Å². The molecule has 6 heteroatoms. The monoisotopic (exact) mass is 332 g/mol. The molecular weight excluding hydrogens is 307 g/mol. The first-order valence-electron chi connectivity index (χ1n) is 8.32. The summed E-state index contributed by atoms with van der Waals surface area (Å²) < 4.78 is 19.2. The number of hydrogen-bond donors (Lipinski definition) is 1. The van der Waals surface area contributed by atoms with Crippen LogP contribution in [0.2, 0.25) is 0 Å². The minimum absolute atomic E-state index is 0.301. The van der Waals surface area contributed by atoms with E-state index < -0.39 is 0 Å². The van der Waals surface area contributed by atoms with Gasteiger partial charge in [-0.2, -0.15) is 5.26 Å². The molecule has 130 valence electrons. The van der Waals surface area contributed by atoms with Crippen LogP contribution in [0.4, 0.5) is 4.39 Å². The highest BCUT2D eigenvalue weighted by atomic mass is 19.1. The first-order valence-corrected chi connectivity index (χ1v) is 8.32. The number of guanidine groups is 1. The van der Waals surface area contributed by atoms with Gasteiger partial charge in [0.15, 0.2) is 5.96 Å². The highest BCUT2D eigenvalue weighted by Crippen LogP contribution is 2.18. The largest absolute Gasteiger partial charge is 0.381 e. The number of aliphatic imine (C=N–C) groups is 1. The van der Waals surface area contributed by atoms with Gasteiger partial charge in [0.05, 0.1) is 11.6 Å². The van der Waals surface area contributed by atoms with Crippen molar-refractivity contribution in [1.29, 1.82) is 5.26 Å². The molecule has 0 saturated carbocycles. The van der Waals surface area contributed by atoms with Gasteiger partial charge in [0.1, 0.15) is 5.82 Å². The van der Waals surface area contributed by atoms with Crippen molar-refractivity contribution in [1.82, 2.24) is 10.2 Å². The Morgan fingerprint density at radius 3 is 2.88 bits per heavy atom. The Balaban J connectivity index is 1.86. The Hall–Kier alpha value is -2.13. The first kappa shape index (κ1) is 18.2. The van der Waals surface area contributed by atoms with Crippen molar-refractivity contribution in [2.24, 2.45) is 10.9 Å². The molecule has 1 N–H and O–H groups in total. The number of nitrogens with zero attached hydrogens (tertiary/aromatic N) is 3. The number of nitriles is 1. The molecule has 1 fully saturated rings. The van der Waals surface area contributed by atoms with Gasteiger partial charge in [0, 0.05) is 46.0 Å². The van der Waals surface area contributed by atoms with Crippen LogP contribution < -0.4 is 5.32 Å². The molecule has 0 amide bonds. The lowest BCUT2D eigenvalue weighted by atomic mass is 9.96. The number of benzene rings is 1. The minimum atomic E-state index is -0.318. The zero-order valence-corrected chi connectivity index (χ0v) is 14.4. The van der Waals surface area contributed by atoms with Crippen molar-refractivity contribution < 1.29 is 9.13 Å². The molecule has 0 unspecified atom stereocenters. The molecule has 0 bridgehead atoms. The summed E-state index contributed by atoms with van der Waals surface area (Å²) in [5, 5.41) is 12.1. The standard InChI is InChI=1S/C18H25FN4O/c1-21-18(23(2)8-5-14-6-9-24-10-7-14)22-13-16-11-15(12-20)3-4-17(16)19/h3-4,11,14H,5-10,13H2,1-2H3,(H,21,22). The maximum Gasteiger partial charge on any atom is 0.193 e. The molecule has 1 aromatic carbocycles. The fourth-order valence-electron chi connectivity index (χ4n) is 2.86. The van der Waals surface area contributed by atoms with E-state index >= 15 is 0 Å². The van der Waals surface area contributed by atoms with Crippen LogP contribution >= 0.6 is 0 Å². The van der Waals surface area contributed by atoms with Gasteiger partial charge in [0.25, 0.3) is 0 Å². The van der Waals surface area contributed by atoms with Gasteiger partial charge in [-0.15, -0.1) is 0 Å². The highest BCUT2D eigenvalue weighted by Gasteiger charge is 2.15. The van der Waals surface area contributed by atoms with Crippen molar-refractivity contribution in [2.45, 2.75) is 25.8 Å². The SMILES string of the molecule is CN=C(NCc1cc(C#N)ccc1F)N(C)CCC1CCOCC1. The summed E-state index contributed by atoms with van der Waals surface area (Å²) in [6.07, 6.45) is 3.33. The summed E-state index contributed by atoms with van der Waals surface area (Å²) in [4.78, 5) is 6.32. The van der Waals surface area contributed by atoms with E-state index in [1.54, 1.807) is 13.1 Å². The number of rotatable bonds is 5. The van der Waals surface area contributed by atoms with E-state index in [1.165, 1.54) is 12.1 Å². The Kier molecular flexibility index (Phi) is 7.01. The molecule has 0 spiro atoms. The van der Waals surface area contributed by atoms with Gasteiger partial charge in [-0.1, -0.05) is 0 Å². The highest BCUT2D eigenvalue weighted by molar-refractivity contribution is 5.79. The topological polar surface area (TPSA) is 60.7 Å². The van der Waals surface area contributed by atoms with E-state index in [2.05, 4.69) is 15.2 Å². The second kappa shape index (κ2) is 9.24. The molecule has 1 aliphatic heterocycles. The predicted octanol–water partition coefficient (Wildman–Crippen LogP) is 2.52. The van der Waals surface area contributed by atoms with E-state index in [-0.39, 0.29) is 5.82 Å². The van der Waals surface area contributed by atoms with E-state index in [0.29, 0.717) is 23.6 Å². The Morgan fingerprint density at radius 2 is 2.21 bits per heavy atom. The number of ether oxygens (including phenoxy) is 1. The molecule has 1 aliphatic rings. The summed E-state index contributed by atoms with van der Waals surface area (Å²) in [5.74, 6) is 1.11. The fraction of sp³-hybridized carbons (Fsp3) is 0.556. The Morgan fingerprint density at radius 1 is 1.46 bits per heavy atom. The Bertz CT molecular complexity index is 606. The lowest BCUT2D eigenvalue weighted by Crippen LogP contribution is -2.39. The molecule has 1 aromatic rings. The van der Waals surface area contributed by atoms with Crippen molar-refractivity contribution >= 4 is 5.96 Å². The van der Waals surface area contributed by atoms with Gasteiger partial charge >= 0.3 is 0 Å². The van der Waals surface area contributed by atoms with Crippen LogP contribution in [-0.2, 0) is 11.3 Å². The molecule has 1 saturated heterocycles. The van der Waals surface area contributed by atoms with Crippen LogP contribution in [0, 0.1) is 23.1 Å². The summed E-state index contributed by atoms with van der Waals surface area (Å²) >= 11 is 0. The first-order chi connectivity index (χ1) is 11.6. The lowest BCUT2D eigenvalue weighted by molar-refractivity contribution is 0.0625. The summed E-state index contributed by atoms with van der Waals surface area (Å²) in [6.45, 7) is 2.91. The van der Waals surface area contributed by atoms with Crippen LogP contribution in [0.1, 0.15) is 30.4 Å². The van der Waals surface area contributed by atoms with E-state index in [4.69, 9.17) is 10.00 Å². The van der Waals surface area contributed by atoms with Gasteiger partial charge in [0.2, 0.25) is 0 Å². The van der Waals surface area contributed by atoms with Crippen LogP contribution in [0.15, 0.2) is 23.2 Å². The molecule has 0 aliphatic carbocycles. The van der Waals surface area contributed by atoms with Crippen LogP contribution in [0.25, 0.3) is 0 Å². The lowest BCUT2D eigenvalue weighted by Gasteiger charge is -2.27. The number of hydrogen-bond acceptors (Lipinski definition) is 3. The van der Waals surface area contributed by atoms with E-state index in [9.17, 15) is 4.39 Å². The van der Waals surface area contributed by atoms with Crippen LogP contribution in [0.3, 0.4) is 0 Å². The average molecular weight is 332 g/mol. The van der Waals surface area contributed by atoms with Gasteiger partial charge in [-0.25, -0.2) is 4.39 Å². The zero-order valence-electron chi connectivity index (χ0n) is 14.4. The molecule has 0 radical (unpaired) electrons. The van der Waals surface area contributed by atoms with E-state index in [0.717, 1.165) is 45.0 Å². The zero-order chi connectivity index (χ0) is 17.4. The second-order valence-electron chi connectivity index (χ2n) is 6.08. The quantitative estimate of drug-likeness (QED) is 0.665. The summed E-state index contributed by atoms with van der Waals surface area (Å²) in [5.41, 5.74) is 0.920. The van der Waals surface area contributed by atoms with Gasteiger partial charge in [-0.3, -0.25) is 4.99 Å². The third-order valence-electron chi connectivity index (χ3n) is 4.40. The third kappa shape index (κ3) is 5.20. The van der Waals surface area contributed by atoms with Crippen molar-refractivity contribution in [3.63, 3.8) is 0 Å². The average Bonchev–Trinajstić information content (AvgIpc) is 2.62. The summed E-state index contributed by atoms with van der Waals surface area (Å²) in [7, 11) is 3.70. The van der Waals surface area contributed by atoms with Gasteiger partial charge < -0.3 is 15.0 Å². The smallest absolute Gasteiger partial charge is 0.193 e. The second-order valence-corrected chi connectivity index (χ2v) is 6.08. The predicted molar refractivity (Wildman–Crippen MR) is 92.1 cm³/mol. The molecule has 1 heterocycles. The molecule has 0 aromatic heterocycles. The number of nitrogens with one attached hydrogen (secondary N) is 1. The molecule has 0 atom stereocenters. The van der Waals surface area contributed by atoms with Crippen LogP contribution in [0.5, 0.6) is 0 Å². The number of halogens is 1. The maximum atomic E-state index is 13.8. The van der Waals surface area contributed by atoms with Crippen molar-refractivity contribution in [2.75, 3.05) is 33.9 Å². The van der Waals surface area contributed by atoms with E-state index in [1.807, 2.05) is 13.1 Å². The fourth-order valence-corrected chi connectivity index (χ4v) is 2.86.